The Morgan fingerprint density at radius 1 is 1.13 bits per heavy atom. The molecule has 0 saturated heterocycles. The van der Waals surface area contributed by atoms with E-state index in [2.05, 4.69) is 10.5 Å². The molecule has 0 spiro atoms. The lowest BCUT2D eigenvalue weighted by atomic mass is 10.1. The maximum absolute atomic E-state index is 13.0. The number of carbonyl (C=O) groups is 1. The number of ether oxygens (including phenoxy) is 2. The molecule has 3 rings (SSSR count). The molecule has 0 radical (unpaired) electrons. The Morgan fingerprint density at radius 3 is 2.53 bits per heavy atom. The van der Waals surface area contributed by atoms with Crippen LogP contribution in [0.1, 0.15) is 45.9 Å². The van der Waals surface area contributed by atoms with E-state index in [1.165, 1.54) is 0 Å². The van der Waals surface area contributed by atoms with Crippen LogP contribution in [0.3, 0.4) is 0 Å². The number of benzene rings is 2. The SMILES string of the molecule is COc1ccc(C(C)NC(=O)c2ccccc2SCc2c(C)noc2C)cc1OC. The molecular weight excluding hydrogens is 400 g/mol. The van der Waals surface area contributed by atoms with Gasteiger partial charge in [-0.3, -0.25) is 4.79 Å². The van der Waals surface area contributed by atoms with Crippen LogP contribution < -0.4 is 14.8 Å². The van der Waals surface area contributed by atoms with E-state index in [0.29, 0.717) is 22.8 Å². The monoisotopic (exact) mass is 426 g/mol. The summed E-state index contributed by atoms with van der Waals surface area (Å²) in [5.74, 6) is 2.66. The lowest BCUT2D eigenvalue weighted by molar-refractivity contribution is 0.0937. The van der Waals surface area contributed by atoms with E-state index < -0.39 is 0 Å². The van der Waals surface area contributed by atoms with E-state index in [4.69, 9.17) is 14.0 Å². The first-order chi connectivity index (χ1) is 14.4. The van der Waals surface area contributed by atoms with Crippen LogP contribution in [0, 0.1) is 13.8 Å². The molecule has 3 aromatic rings. The molecule has 1 N–H and O–H groups in total. The number of aryl methyl sites for hydroxylation is 2. The molecule has 1 heterocycles. The summed E-state index contributed by atoms with van der Waals surface area (Å²) in [6, 6.07) is 13.0. The van der Waals surface area contributed by atoms with Crippen molar-refractivity contribution in [3.8, 4) is 11.5 Å². The molecule has 0 aliphatic heterocycles. The molecule has 0 fully saturated rings. The lowest BCUT2D eigenvalue weighted by Crippen LogP contribution is -2.27. The van der Waals surface area contributed by atoms with Gasteiger partial charge in [0, 0.05) is 16.2 Å². The maximum Gasteiger partial charge on any atom is 0.252 e. The Bertz CT molecular complexity index is 1010. The largest absolute Gasteiger partial charge is 0.493 e. The van der Waals surface area contributed by atoms with Gasteiger partial charge in [-0.1, -0.05) is 23.4 Å². The van der Waals surface area contributed by atoms with Crippen molar-refractivity contribution in [2.24, 2.45) is 0 Å². The summed E-state index contributed by atoms with van der Waals surface area (Å²) in [7, 11) is 3.19. The first-order valence-corrected chi connectivity index (χ1v) is 10.6. The van der Waals surface area contributed by atoms with Crippen molar-refractivity contribution in [1.82, 2.24) is 10.5 Å². The smallest absolute Gasteiger partial charge is 0.252 e. The van der Waals surface area contributed by atoms with Gasteiger partial charge in [0.15, 0.2) is 11.5 Å². The molecule has 30 heavy (non-hydrogen) atoms. The summed E-state index contributed by atoms with van der Waals surface area (Å²) in [5.41, 5.74) is 3.52. The Hall–Kier alpha value is -2.93. The Kier molecular flexibility index (Phi) is 7.05. The van der Waals surface area contributed by atoms with Gasteiger partial charge in [0.25, 0.3) is 5.91 Å². The van der Waals surface area contributed by atoms with Gasteiger partial charge in [0.1, 0.15) is 5.76 Å². The summed E-state index contributed by atoms with van der Waals surface area (Å²) in [4.78, 5) is 13.9. The highest BCUT2D eigenvalue weighted by atomic mass is 32.2. The molecule has 0 aliphatic carbocycles. The maximum atomic E-state index is 13.0. The minimum absolute atomic E-state index is 0.126. The van der Waals surface area contributed by atoms with Gasteiger partial charge < -0.3 is 19.3 Å². The van der Waals surface area contributed by atoms with Crippen LogP contribution in [-0.2, 0) is 5.75 Å². The number of thioether (sulfide) groups is 1. The molecule has 1 amide bonds. The van der Waals surface area contributed by atoms with Gasteiger partial charge in [-0.2, -0.15) is 0 Å². The van der Waals surface area contributed by atoms with Crippen LogP contribution in [0.2, 0.25) is 0 Å². The van der Waals surface area contributed by atoms with Crippen LogP contribution >= 0.6 is 11.8 Å². The van der Waals surface area contributed by atoms with Crippen LogP contribution in [0.5, 0.6) is 11.5 Å². The number of rotatable bonds is 8. The predicted molar refractivity (Wildman–Crippen MR) is 117 cm³/mol. The second-order valence-electron chi connectivity index (χ2n) is 6.90. The molecule has 1 unspecified atom stereocenters. The summed E-state index contributed by atoms with van der Waals surface area (Å²) in [6.07, 6.45) is 0. The molecule has 2 aromatic carbocycles. The van der Waals surface area contributed by atoms with Gasteiger partial charge in [0.05, 0.1) is 31.5 Å². The van der Waals surface area contributed by atoms with E-state index in [-0.39, 0.29) is 11.9 Å². The fraction of sp³-hybridized carbons (Fsp3) is 0.304. The Labute approximate surface area is 180 Å². The van der Waals surface area contributed by atoms with Gasteiger partial charge in [-0.15, -0.1) is 11.8 Å². The van der Waals surface area contributed by atoms with Crippen LogP contribution in [-0.4, -0.2) is 25.3 Å². The molecule has 158 valence electrons. The van der Waals surface area contributed by atoms with Gasteiger partial charge in [0.2, 0.25) is 0 Å². The van der Waals surface area contributed by atoms with Crippen molar-refractivity contribution in [2.45, 2.75) is 37.5 Å². The molecule has 1 atom stereocenters. The van der Waals surface area contributed by atoms with Crippen molar-refractivity contribution >= 4 is 17.7 Å². The highest BCUT2D eigenvalue weighted by Crippen LogP contribution is 2.31. The third kappa shape index (κ3) is 4.79. The lowest BCUT2D eigenvalue weighted by Gasteiger charge is -2.17. The number of carbonyl (C=O) groups excluding carboxylic acids is 1. The number of nitrogens with one attached hydrogen (secondary N) is 1. The third-order valence-corrected chi connectivity index (χ3v) is 6.04. The predicted octanol–water partition coefficient (Wildman–Crippen LogP) is 5.09. The van der Waals surface area contributed by atoms with E-state index in [9.17, 15) is 4.79 Å². The molecule has 0 bridgehead atoms. The molecular formula is C23H26N2O4S. The zero-order valence-corrected chi connectivity index (χ0v) is 18.6. The second kappa shape index (κ2) is 9.71. The minimum atomic E-state index is -0.196. The average molecular weight is 427 g/mol. The van der Waals surface area contributed by atoms with E-state index >= 15 is 0 Å². The van der Waals surface area contributed by atoms with E-state index in [1.54, 1.807) is 26.0 Å². The van der Waals surface area contributed by atoms with Crippen molar-refractivity contribution in [2.75, 3.05) is 14.2 Å². The third-order valence-electron chi connectivity index (χ3n) is 4.94. The minimum Gasteiger partial charge on any atom is -0.493 e. The number of methoxy groups -OCH3 is 2. The van der Waals surface area contributed by atoms with Crippen molar-refractivity contribution < 1.29 is 18.8 Å². The quantitative estimate of drug-likeness (QED) is 0.506. The molecule has 7 heteroatoms. The number of hydrogen-bond donors (Lipinski definition) is 1. The fourth-order valence-electron chi connectivity index (χ4n) is 3.12. The standard InChI is InChI=1S/C23H26N2O4S/c1-14(17-10-11-20(27-4)21(12-17)28-5)24-23(26)18-8-6-7-9-22(18)30-13-19-15(2)25-29-16(19)3/h6-12,14H,13H2,1-5H3,(H,24,26). The summed E-state index contributed by atoms with van der Waals surface area (Å²) < 4.78 is 15.9. The van der Waals surface area contributed by atoms with Crippen molar-refractivity contribution in [3.05, 3.63) is 70.6 Å². The normalized spacial score (nSPS) is 11.8. The van der Waals surface area contributed by atoms with E-state index in [1.807, 2.05) is 63.2 Å². The molecule has 1 aromatic heterocycles. The number of amides is 1. The molecule has 0 saturated carbocycles. The van der Waals surface area contributed by atoms with Gasteiger partial charge >= 0.3 is 0 Å². The van der Waals surface area contributed by atoms with Gasteiger partial charge in [-0.05, 0) is 50.6 Å². The first-order valence-electron chi connectivity index (χ1n) is 9.61. The summed E-state index contributed by atoms with van der Waals surface area (Å²) >= 11 is 1.60. The van der Waals surface area contributed by atoms with E-state index in [0.717, 1.165) is 27.5 Å². The number of aromatic nitrogens is 1. The zero-order valence-electron chi connectivity index (χ0n) is 17.8. The Morgan fingerprint density at radius 2 is 1.87 bits per heavy atom. The van der Waals surface area contributed by atoms with Gasteiger partial charge in [-0.25, -0.2) is 0 Å². The second-order valence-corrected chi connectivity index (χ2v) is 7.91. The fourth-order valence-corrected chi connectivity index (χ4v) is 4.32. The highest BCUT2D eigenvalue weighted by molar-refractivity contribution is 7.98. The number of hydrogen-bond acceptors (Lipinski definition) is 6. The highest BCUT2D eigenvalue weighted by Gasteiger charge is 2.17. The van der Waals surface area contributed by atoms with Crippen LogP contribution in [0.15, 0.2) is 51.9 Å². The molecule has 0 aliphatic rings. The van der Waals surface area contributed by atoms with Crippen LogP contribution in [0.4, 0.5) is 0 Å². The van der Waals surface area contributed by atoms with Crippen molar-refractivity contribution in [1.29, 1.82) is 0 Å². The zero-order chi connectivity index (χ0) is 21.7. The number of nitrogens with zero attached hydrogens (tertiary/aromatic N) is 1. The first kappa shape index (κ1) is 21.8. The summed E-state index contributed by atoms with van der Waals surface area (Å²) in [6.45, 7) is 5.77. The topological polar surface area (TPSA) is 73.6 Å². The van der Waals surface area contributed by atoms with Crippen LogP contribution in [0.25, 0.3) is 0 Å². The molecule has 6 nitrogen and oxygen atoms in total. The average Bonchev–Trinajstić information content (AvgIpc) is 3.09. The Balaban J connectivity index is 1.74. The van der Waals surface area contributed by atoms with Crippen molar-refractivity contribution in [3.63, 3.8) is 0 Å². The summed E-state index contributed by atoms with van der Waals surface area (Å²) in [5, 5.41) is 7.08.